The molecule has 1 aliphatic rings. The molecule has 1 amide bonds. The van der Waals surface area contributed by atoms with Crippen LogP contribution in [0.15, 0.2) is 42.5 Å². The van der Waals surface area contributed by atoms with Crippen LogP contribution < -0.4 is 10.6 Å². The van der Waals surface area contributed by atoms with Crippen LogP contribution in [0, 0.1) is 11.6 Å². The lowest BCUT2D eigenvalue weighted by Gasteiger charge is -2.43. The third kappa shape index (κ3) is 7.59. The van der Waals surface area contributed by atoms with Gasteiger partial charge in [0.2, 0.25) is 15.9 Å². The predicted octanol–water partition coefficient (Wildman–Crippen LogP) is 3.43. The number of aliphatic hydroxyl groups is 1. The number of rotatable bonds is 11. The Morgan fingerprint density at radius 1 is 1.11 bits per heavy atom. The zero-order valence-electron chi connectivity index (χ0n) is 22.5. The molecule has 210 valence electrons. The number of aliphatic hydroxyl groups excluding tert-OH is 1. The molecule has 38 heavy (non-hydrogen) atoms. The smallest absolute Gasteiger partial charge is 0.217 e. The largest absolute Gasteiger partial charge is 0.390 e. The van der Waals surface area contributed by atoms with Crippen LogP contribution in [0.2, 0.25) is 0 Å². The second kappa shape index (κ2) is 12.6. The van der Waals surface area contributed by atoms with Crippen LogP contribution in [0.3, 0.4) is 0 Å². The van der Waals surface area contributed by atoms with Crippen molar-refractivity contribution in [2.75, 3.05) is 25.4 Å². The van der Waals surface area contributed by atoms with Crippen molar-refractivity contribution in [3.63, 3.8) is 0 Å². The van der Waals surface area contributed by atoms with Crippen molar-refractivity contribution >= 4 is 15.9 Å². The van der Waals surface area contributed by atoms with Crippen LogP contribution in [-0.4, -0.2) is 61.3 Å². The number of carbonyl (C=O) groups excluding carboxylic acids is 1. The number of carbonyl (C=O) groups is 1. The lowest BCUT2D eigenvalue weighted by atomic mass is 9.80. The molecular formula is C28H39F2N3O4S. The number of nitrogens with zero attached hydrogens (tertiary/aromatic N) is 1. The average molecular weight is 552 g/mol. The molecule has 1 aliphatic heterocycles. The van der Waals surface area contributed by atoms with E-state index in [1.165, 1.54) is 23.4 Å². The van der Waals surface area contributed by atoms with Gasteiger partial charge in [-0.15, -0.1) is 0 Å². The summed E-state index contributed by atoms with van der Waals surface area (Å²) in [7, 11) is -3.33. The lowest BCUT2D eigenvalue weighted by molar-refractivity contribution is -0.120. The van der Waals surface area contributed by atoms with Gasteiger partial charge in [0.1, 0.15) is 11.6 Å². The molecule has 10 heteroatoms. The highest BCUT2D eigenvalue weighted by atomic mass is 32.2. The van der Waals surface area contributed by atoms with E-state index in [0.717, 1.165) is 17.2 Å². The molecule has 1 fully saturated rings. The molecule has 2 aromatic carbocycles. The fraction of sp³-hybridized carbons (Fsp3) is 0.536. The summed E-state index contributed by atoms with van der Waals surface area (Å²) in [6.45, 7) is 7.91. The zero-order valence-corrected chi connectivity index (χ0v) is 23.3. The number of halogens is 2. The summed E-state index contributed by atoms with van der Waals surface area (Å²) in [6.07, 6.45) is -0.0381. The molecule has 0 aliphatic carbocycles. The molecule has 3 rings (SSSR count). The van der Waals surface area contributed by atoms with E-state index in [0.29, 0.717) is 37.4 Å². The molecule has 2 aromatic rings. The molecule has 3 N–H and O–H groups in total. The number of hydrogen-bond acceptors (Lipinski definition) is 5. The van der Waals surface area contributed by atoms with Gasteiger partial charge in [-0.1, -0.05) is 38.1 Å². The van der Waals surface area contributed by atoms with Crippen molar-refractivity contribution in [2.45, 2.75) is 70.6 Å². The molecule has 0 unspecified atom stereocenters. The first-order chi connectivity index (χ1) is 17.8. The first-order valence-corrected chi connectivity index (χ1v) is 14.7. The van der Waals surface area contributed by atoms with Gasteiger partial charge in [0.25, 0.3) is 0 Å². The highest BCUT2D eigenvalue weighted by Crippen LogP contribution is 2.35. The number of hydrogen-bond donors (Lipinski definition) is 3. The summed E-state index contributed by atoms with van der Waals surface area (Å²) < 4.78 is 54.0. The quantitative estimate of drug-likeness (QED) is 0.398. The fourth-order valence-corrected chi connectivity index (χ4v) is 6.16. The SMILES string of the molecule is CCS(=O)(=O)N1CCC(NC[C@@H](O)[C@H](Cc2cc(F)cc(F)c2)NC(C)=O)(c2cccc(C(C)C)c2)CC1. The third-order valence-electron chi connectivity index (χ3n) is 7.32. The number of benzene rings is 2. The van der Waals surface area contributed by atoms with E-state index >= 15 is 0 Å². The Hall–Kier alpha value is -2.40. The Balaban J connectivity index is 1.85. The van der Waals surface area contributed by atoms with Gasteiger partial charge in [-0.3, -0.25) is 4.79 Å². The molecular weight excluding hydrogens is 512 g/mol. The third-order valence-corrected chi connectivity index (χ3v) is 9.20. The van der Waals surface area contributed by atoms with Gasteiger partial charge in [0, 0.05) is 38.2 Å². The summed E-state index contributed by atoms with van der Waals surface area (Å²) in [5.41, 5.74) is 1.87. The highest BCUT2D eigenvalue weighted by Gasteiger charge is 2.39. The van der Waals surface area contributed by atoms with Crippen LogP contribution in [0.4, 0.5) is 8.78 Å². The minimum absolute atomic E-state index is 0.0358. The van der Waals surface area contributed by atoms with E-state index in [9.17, 15) is 27.1 Å². The van der Waals surface area contributed by atoms with Gasteiger partial charge >= 0.3 is 0 Å². The Morgan fingerprint density at radius 3 is 2.29 bits per heavy atom. The summed E-state index contributed by atoms with van der Waals surface area (Å²) in [5.74, 6) is -1.50. The normalized spacial score (nSPS) is 17.8. The minimum Gasteiger partial charge on any atom is -0.390 e. The zero-order chi connectivity index (χ0) is 28.1. The lowest BCUT2D eigenvalue weighted by Crippen LogP contribution is -2.56. The number of amides is 1. The Morgan fingerprint density at radius 2 is 1.74 bits per heavy atom. The highest BCUT2D eigenvalue weighted by molar-refractivity contribution is 7.89. The molecule has 1 heterocycles. The first kappa shape index (κ1) is 30.1. The van der Waals surface area contributed by atoms with Crippen molar-refractivity contribution in [1.82, 2.24) is 14.9 Å². The van der Waals surface area contributed by atoms with Gasteiger partial charge in [0.05, 0.1) is 17.9 Å². The maximum absolute atomic E-state index is 13.8. The second-order valence-corrected chi connectivity index (χ2v) is 12.7. The molecule has 2 atom stereocenters. The van der Waals surface area contributed by atoms with E-state index in [1.54, 1.807) is 6.92 Å². The minimum atomic E-state index is -3.33. The monoisotopic (exact) mass is 551 g/mol. The predicted molar refractivity (Wildman–Crippen MR) is 144 cm³/mol. The van der Waals surface area contributed by atoms with Gasteiger partial charge in [-0.2, -0.15) is 0 Å². The number of piperidine rings is 1. The maximum Gasteiger partial charge on any atom is 0.217 e. The topological polar surface area (TPSA) is 98.7 Å². The van der Waals surface area contributed by atoms with Crippen LogP contribution in [-0.2, 0) is 26.8 Å². The van der Waals surface area contributed by atoms with Crippen molar-refractivity contribution in [2.24, 2.45) is 0 Å². The van der Waals surface area contributed by atoms with Gasteiger partial charge in [-0.05, 0) is 60.9 Å². The Bertz CT molecular complexity index is 1190. The van der Waals surface area contributed by atoms with Crippen molar-refractivity contribution < 1.29 is 27.1 Å². The first-order valence-electron chi connectivity index (χ1n) is 13.1. The van der Waals surface area contributed by atoms with Crippen molar-refractivity contribution in [3.05, 3.63) is 70.8 Å². The van der Waals surface area contributed by atoms with E-state index in [1.807, 2.05) is 12.1 Å². The summed E-state index contributed by atoms with van der Waals surface area (Å²) in [5, 5.41) is 17.3. The van der Waals surface area contributed by atoms with Crippen LogP contribution in [0.25, 0.3) is 0 Å². The second-order valence-electron chi connectivity index (χ2n) is 10.4. The van der Waals surface area contributed by atoms with Gasteiger partial charge < -0.3 is 15.7 Å². The number of sulfonamides is 1. The average Bonchev–Trinajstić information content (AvgIpc) is 2.86. The standard InChI is InChI=1S/C28H39F2N3O4S/c1-5-38(36,37)33-11-9-28(10-12-33,23-8-6-7-22(16-23)19(2)3)31-18-27(35)26(32-20(4)34)15-21-13-24(29)17-25(30)14-21/h6-8,13-14,16-17,19,26-27,31,35H,5,9-12,15,18H2,1-4H3,(H,32,34)/t26-,27+/m0/s1. The van der Waals surface area contributed by atoms with E-state index in [-0.39, 0.29) is 24.6 Å². The van der Waals surface area contributed by atoms with Gasteiger partial charge in [-0.25, -0.2) is 21.5 Å². The summed E-state index contributed by atoms with van der Waals surface area (Å²) in [6, 6.07) is 10.5. The van der Waals surface area contributed by atoms with Crippen molar-refractivity contribution in [3.8, 4) is 0 Å². The van der Waals surface area contributed by atoms with Crippen LogP contribution in [0.1, 0.15) is 63.1 Å². The summed E-state index contributed by atoms with van der Waals surface area (Å²) >= 11 is 0. The van der Waals surface area contributed by atoms with Gasteiger partial charge in [0.15, 0.2) is 0 Å². The van der Waals surface area contributed by atoms with E-state index in [4.69, 9.17) is 0 Å². The Labute approximate surface area is 224 Å². The van der Waals surface area contributed by atoms with Crippen LogP contribution >= 0.6 is 0 Å². The Kier molecular flexibility index (Phi) is 10.0. The number of nitrogens with one attached hydrogen (secondary N) is 2. The fourth-order valence-electron chi connectivity index (χ4n) is 5.06. The van der Waals surface area contributed by atoms with Crippen molar-refractivity contribution in [1.29, 1.82) is 0 Å². The molecule has 0 bridgehead atoms. The molecule has 1 saturated heterocycles. The maximum atomic E-state index is 13.8. The molecule has 0 aromatic heterocycles. The summed E-state index contributed by atoms with van der Waals surface area (Å²) in [4.78, 5) is 11.9. The molecule has 0 spiro atoms. The molecule has 0 radical (unpaired) electrons. The molecule has 7 nitrogen and oxygen atoms in total. The molecule has 0 saturated carbocycles. The van der Waals surface area contributed by atoms with E-state index in [2.05, 4.69) is 36.6 Å². The van der Waals surface area contributed by atoms with E-state index < -0.39 is 39.3 Å². The van der Waals surface area contributed by atoms with Crippen LogP contribution in [0.5, 0.6) is 0 Å².